The van der Waals surface area contributed by atoms with Crippen molar-refractivity contribution in [1.82, 2.24) is 9.55 Å². The van der Waals surface area contributed by atoms with Gasteiger partial charge in [-0.1, -0.05) is 18.2 Å². The number of anilines is 1. The van der Waals surface area contributed by atoms with Gasteiger partial charge in [-0.2, -0.15) is 4.98 Å². The summed E-state index contributed by atoms with van der Waals surface area (Å²) in [5, 5.41) is 5.43. The molecule has 0 spiro atoms. The van der Waals surface area contributed by atoms with Gasteiger partial charge in [-0.05, 0) is 23.6 Å². The van der Waals surface area contributed by atoms with Gasteiger partial charge in [-0.3, -0.25) is 14.7 Å². The van der Waals surface area contributed by atoms with Crippen LogP contribution < -0.4 is 16.6 Å². The maximum absolute atomic E-state index is 12.1. The number of aromatic nitrogens is 2. The summed E-state index contributed by atoms with van der Waals surface area (Å²) in [5.74, 6) is 0.681. The summed E-state index contributed by atoms with van der Waals surface area (Å²) in [5.41, 5.74) is 6.34. The molecule has 2 aromatic heterocycles. The second-order valence-electron chi connectivity index (χ2n) is 4.66. The largest absolute Gasteiger partial charge is 0.370 e. The molecular formula is C14H11N5OS. The first-order valence-corrected chi connectivity index (χ1v) is 7.27. The van der Waals surface area contributed by atoms with Crippen LogP contribution in [0.2, 0.25) is 0 Å². The lowest BCUT2D eigenvalue weighted by atomic mass is 10.2. The minimum Gasteiger partial charge on any atom is -0.370 e. The van der Waals surface area contributed by atoms with E-state index in [1.54, 1.807) is 17.4 Å². The third kappa shape index (κ3) is 1.82. The van der Waals surface area contributed by atoms with Gasteiger partial charge >= 0.3 is 0 Å². The van der Waals surface area contributed by atoms with E-state index in [0.29, 0.717) is 11.3 Å². The Bertz CT molecular complexity index is 913. The molecule has 4 rings (SSSR count). The number of aliphatic imine (C=N–C) groups is 1. The average molecular weight is 297 g/mol. The number of nitrogens with one attached hydrogen (secondary N) is 1. The summed E-state index contributed by atoms with van der Waals surface area (Å²) < 4.78 is 1.90. The number of benzene rings is 1. The van der Waals surface area contributed by atoms with Crippen LogP contribution in [0.4, 0.5) is 5.95 Å². The quantitative estimate of drug-likeness (QED) is 0.716. The van der Waals surface area contributed by atoms with E-state index in [1.165, 1.54) is 0 Å². The highest BCUT2D eigenvalue weighted by Gasteiger charge is 2.24. The van der Waals surface area contributed by atoms with Crippen molar-refractivity contribution in [3.63, 3.8) is 0 Å². The van der Waals surface area contributed by atoms with Gasteiger partial charge in [0.1, 0.15) is 0 Å². The fourth-order valence-corrected chi connectivity index (χ4v) is 3.24. The molecule has 1 unspecified atom stereocenters. The van der Waals surface area contributed by atoms with Crippen LogP contribution in [0, 0.1) is 0 Å². The SMILES string of the molecule is NC1=NC(c2cccs2)n2c(nc(=O)c3ccccc32)N1. The van der Waals surface area contributed by atoms with Crippen LogP contribution in [0.1, 0.15) is 11.0 Å². The van der Waals surface area contributed by atoms with E-state index in [-0.39, 0.29) is 17.7 Å². The Hall–Kier alpha value is -2.67. The summed E-state index contributed by atoms with van der Waals surface area (Å²) >= 11 is 1.59. The van der Waals surface area contributed by atoms with Gasteiger partial charge in [0, 0.05) is 4.88 Å². The topological polar surface area (TPSA) is 85.3 Å². The Morgan fingerprint density at radius 3 is 2.90 bits per heavy atom. The number of nitrogens with zero attached hydrogens (tertiary/aromatic N) is 3. The maximum Gasteiger partial charge on any atom is 0.282 e. The lowest BCUT2D eigenvalue weighted by molar-refractivity contribution is 0.626. The van der Waals surface area contributed by atoms with Crippen molar-refractivity contribution in [3.05, 3.63) is 57.0 Å². The van der Waals surface area contributed by atoms with Crippen molar-refractivity contribution in [3.8, 4) is 0 Å². The molecule has 0 bridgehead atoms. The Labute approximate surface area is 123 Å². The third-order valence-electron chi connectivity index (χ3n) is 3.37. The smallest absolute Gasteiger partial charge is 0.282 e. The van der Waals surface area contributed by atoms with Crippen molar-refractivity contribution in [2.24, 2.45) is 10.7 Å². The first kappa shape index (κ1) is 12.1. The predicted octanol–water partition coefficient (Wildman–Crippen LogP) is 1.75. The minimum absolute atomic E-state index is 0.260. The molecule has 3 aromatic rings. The number of hydrogen-bond donors (Lipinski definition) is 2. The van der Waals surface area contributed by atoms with E-state index in [0.717, 1.165) is 10.4 Å². The Morgan fingerprint density at radius 2 is 2.10 bits per heavy atom. The summed E-state index contributed by atoms with van der Waals surface area (Å²) in [6.45, 7) is 0. The third-order valence-corrected chi connectivity index (χ3v) is 4.29. The first-order chi connectivity index (χ1) is 10.2. The molecule has 0 amide bonds. The summed E-state index contributed by atoms with van der Waals surface area (Å²) in [7, 11) is 0. The van der Waals surface area contributed by atoms with Crippen LogP contribution in [-0.2, 0) is 0 Å². The molecule has 1 atom stereocenters. The predicted molar refractivity (Wildman–Crippen MR) is 83.7 cm³/mol. The minimum atomic E-state index is -0.306. The zero-order valence-electron chi connectivity index (χ0n) is 10.9. The van der Waals surface area contributed by atoms with Crippen LogP contribution >= 0.6 is 11.3 Å². The number of fused-ring (bicyclic) bond motifs is 3. The number of hydrogen-bond acceptors (Lipinski definition) is 6. The number of thiophene rings is 1. The lowest BCUT2D eigenvalue weighted by Crippen LogP contribution is -2.34. The van der Waals surface area contributed by atoms with Crippen LogP contribution in [-0.4, -0.2) is 15.5 Å². The highest BCUT2D eigenvalue weighted by atomic mass is 32.1. The fourth-order valence-electron chi connectivity index (χ4n) is 2.49. The van der Waals surface area contributed by atoms with Crippen LogP contribution in [0.15, 0.2) is 51.6 Å². The fraction of sp³-hybridized carbons (Fsp3) is 0.0714. The molecule has 104 valence electrons. The zero-order valence-corrected chi connectivity index (χ0v) is 11.7. The Morgan fingerprint density at radius 1 is 1.24 bits per heavy atom. The van der Waals surface area contributed by atoms with Crippen molar-refractivity contribution >= 4 is 34.1 Å². The van der Waals surface area contributed by atoms with Gasteiger partial charge in [0.15, 0.2) is 12.1 Å². The average Bonchev–Trinajstić information content (AvgIpc) is 3.00. The monoisotopic (exact) mass is 297 g/mol. The van der Waals surface area contributed by atoms with Gasteiger partial charge in [0.05, 0.1) is 10.9 Å². The Balaban J connectivity index is 2.08. The second kappa shape index (κ2) is 4.42. The summed E-state index contributed by atoms with van der Waals surface area (Å²) in [6, 6.07) is 11.3. The molecule has 21 heavy (non-hydrogen) atoms. The molecule has 6 nitrogen and oxygen atoms in total. The van der Waals surface area contributed by atoms with Gasteiger partial charge in [0.25, 0.3) is 5.56 Å². The highest BCUT2D eigenvalue weighted by Crippen LogP contribution is 2.31. The molecule has 3 N–H and O–H groups in total. The van der Waals surface area contributed by atoms with E-state index in [1.807, 2.05) is 40.3 Å². The van der Waals surface area contributed by atoms with E-state index >= 15 is 0 Å². The van der Waals surface area contributed by atoms with Gasteiger partial charge in [-0.15, -0.1) is 11.3 Å². The lowest BCUT2D eigenvalue weighted by Gasteiger charge is -2.26. The van der Waals surface area contributed by atoms with Crippen LogP contribution in [0.3, 0.4) is 0 Å². The van der Waals surface area contributed by atoms with Gasteiger partial charge in [0.2, 0.25) is 5.95 Å². The molecule has 0 aliphatic carbocycles. The number of rotatable bonds is 1. The molecule has 1 aliphatic rings. The normalized spacial score (nSPS) is 17.1. The standard InChI is InChI=1S/C14H11N5OS/c15-13-16-11(10-6-3-7-21-10)19-9-5-2-1-4-8(9)12(20)17-14(19)18-13/h1-7,11H,(H3,15,16,17,18,20). The second-order valence-corrected chi connectivity index (χ2v) is 5.64. The zero-order chi connectivity index (χ0) is 14.4. The summed E-state index contributed by atoms with van der Waals surface area (Å²) in [6.07, 6.45) is -0.306. The molecule has 0 fully saturated rings. The molecular weight excluding hydrogens is 286 g/mol. The Kier molecular flexibility index (Phi) is 2.55. The van der Waals surface area contributed by atoms with E-state index < -0.39 is 0 Å². The number of nitrogens with two attached hydrogens (primary N) is 1. The van der Waals surface area contributed by atoms with Gasteiger partial charge < -0.3 is 5.73 Å². The van der Waals surface area contributed by atoms with Crippen molar-refractivity contribution in [1.29, 1.82) is 0 Å². The van der Waals surface area contributed by atoms with Gasteiger partial charge in [-0.25, -0.2) is 4.99 Å². The number of para-hydroxylation sites is 1. The number of guanidine groups is 1. The van der Waals surface area contributed by atoms with Crippen molar-refractivity contribution < 1.29 is 0 Å². The molecule has 0 saturated heterocycles. The molecule has 1 aliphatic heterocycles. The molecule has 0 saturated carbocycles. The van der Waals surface area contributed by atoms with E-state index in [4.69, 9.17) is 5.73 Å². The van der Waals surface area contributed by atoms with Crippen LogP contribution in [0.5, 0.6) is 0 Å². The van der Waals surface area contributed by atoms with Crippen molar-refractivity contribution in [2.45, 2.75) is 6.17 Å². The highest BCUT2D eigenvalue weighted by molar-refractivity contribution is 7.10. The molecule has 1 aromatic carbocycles. The molecule has 0 radical (unpaired) electrons. The first-order valence-electron chi connectivity index (χ1n) is 6.39. The van der Waals surface area contributed by atoms with Crippen molar-refractivity contribution in [2.75, 3.05) is 5.32 Å². The molecule has 7 heteroatoms. The van der Waals surface area contributed by atoms with E-state index in [2.05, 4.69) is 15.3 Å². The van der Waals surface area contributed by atoms with E-state index in [9.17, 15) is 4.79 Å². The maximum atomic E-state index is 12.1. The molecule has 3 heterocycles. The summed E-state index contributed by atoms with van der Waals surface area (Å²) in [4.78, 5) is 21.7. The van der Waals surface area contributed by atoms with Crippen LogP contribution in [0.25, 0.3) is 10.9 Å².